The molecule has 3 atom stereocenters. The van der Waals surface area contributed by atoms with E-state index in [4.69, 9.17) is 9.47 Å². The predicted molar refractivity (Wildman–Crippen MR) is 151 cm³/mol. The van der Waals surface area contributed by atoms with E-state index in [9.17, 15) is 29.4 Å². The maximum absolute atomic E-state index is 13.5. The molecule has 0 saturated carbocycles. The Morgan fingerprint density at radius 3 is 2.12 bits per heavy atom. The van der Waals surface area contributed by atoms with Crippen molar-refractivity contribution in [3.63, 3.8) is 0 Å². The number of fused-ring (bicyclic) bond motifs is 3. The van der Waals surface area contributed by atoms with Crippen LogP contribution in [0.4, 0.5) is 4.79 Å². The van der Waals surface area contributed by atoms with Crippen LogP contribution in [-0.4, -0.2) is 70.9 Å². The number of aliphatic carboxylic acids is 1. The number of hydrogen-bond acceptors (Lipinski definition) is 7. The van der Waals surface area contributed by atoms with Crippen molar-refractivity contribution in [2.24, 2.45) is 5.92 Å². The molecule has 3 N–H and O–H groups in total. The number of piperidine rings is 1. The van der Waals surface area contributed by atoms with Crippen molar-refractivity contribution in [3.05, 3.63) is 95.6 Å². The van der Waals surface area contributed by atoms with Gasteiger partial charge in [-0.3, -0.25) is 14.4 Å². The molecule has 42 heavy (non-hydrogen) atoms. The zero-order valence-electron chi connectivity index (χ0n) is 22.8. The molecule has 3 aromatic rings. The number of ether oxygens (including phenoxy) is 2. The molecule has 218 valence electrons. The van der Waals surface area contributed by atoms with Gasteiger partial charge in [-0.25, -0.2) is 4.79 Å². The zero-order chi connectivity index (χ0) is 29.6. The molecule has 1 saturated heterocycles. The van der Waals surface area contributed by atoms with Crippen LogP contribution in [-0.2, 0) is 30.5 Å². The highest BCUT2D eigenvalue weighted by molar-refractivity contribution is 5.90. The molecular formula is C32H32N2O8. The van der Waals surface area contributed by atoms with Gasteiger partial charge in [-0.1, -0.05) is 78.9 Å². The van der Waals surface area contributed by atoms with Gasteiger partial charge in [0.05, 0.1) is 18.4 Å². The monoisotopic (exact) mass is 572 g/mol. The van der Waals surface area contributed by atoms with E-state index in [1.807, 2.05) is 54.6 Å². The van der Waals surface area contributed by atoms with Gasteiger partial charge in [0.1, 0.15) is 19.3 Å². The number of nitrogens with zero attached hydrogens (tertiary/aromatic N) is 1. The standard InChI is InChI=1S/C32H32N2O8/c35-22-14-21(31(38)39)16-34(17-22)30(37)28(15-29(36)41-18-20-8-2-1-3-9-20)33-32(40)42-19-27-25-12-6-4-10-23(25)24-11-5-7-13-26(24)27/h1-13,21-22,27-28,35H,14-19H2,(H,33,40)(H,38,39)/t21?,22?,28-/m0/s1. The van der Waals surface area contributed by atoms with Crippen molar-refractivity contribution in [1.29, 1.82) is 0 Å². The van der Waals surface area contributed by atoms with E-state index in [1.165, 1.54) is 0 Å². The maximum atomic E-state index is 13.5. The number of aliphatic hydroxyl groups excluding tert-OH is 1. The number of nitrogens with one attached hydrogen (secondary N) is 1. The summed E-state index contributed by atoms with van der Waals surface area (Å²) in [5.41, 5.74) is 4.92. The van der Waals surface area contributed by atoms with Crippen LogP contribution in [0.15, 0.2) is 78.9 Å². The molecule has 2 aliphatic rings. The largest absolute Gasteiger partial charge is 0.481 e. The van der Waals surface area contributed by atoms with Gasteiger partial charge in [0.2, 0.25) is 5.91 Å². The Morgan fingerprint density at radius 1 is 0.857 bits per heavy atom. The Hall–Kier alpha value is -4.70. The Kier molecular flexibility index (Phi) is 8.83. The molecule has 0 bridgehead atoms. The van der Waals surface area contributed by atoms with Gasteiger partial charge in [-0.15, -0.1) is 0 Å². The van der Waals surface area contributed by atoms with Crippen LogP contribution in [0.2, 0.25) is 0 Å². The summed E-state index contributed by atoms with van der Waals surface area (Å²) in [6.07, 6.45) is -2.45. The quantitative estimate of drug-likeness (QED) is 0.332. The number of amides is 2. The van der Waals surface area contributed by atoms with Gasteiger partial charge in [0, 0.05) is 19.0 Å². The fourth-order valence-corrected chi connectivity index (χ4v) is 5.60. The lowest BCUT2D eigenvalue weighted by Crippen LogP contribution is -2.55. The van der Waals surface area contributed by atoms with Gasteiger partial charge in [0.15, 0.2) is 0 Å². The van der Waals surface area contributed by atoms with Crippen LogP contribution in [0.1, 0.15) is 35.4 Å². The number of carbonyl (C=O) groups is 4. The average Bonchev–Trinajstić information content (AvgIpc) is 3.32. The third-order valence-electron chi connectivity index (χ3n) is 7.64. The molecular weight excluding hydrogens is 540 g/mol. The minimum Gasteiger partial charge on any atom is -0.481 e. The minimum atomic E-state index is -1.39. The first-order chi connectivity index (χ1) is 20.3. The van der Waals surface area contributed by atoms with Crippen molar-refractivity contribution < 1.29 is 38.9 Å². The van der Waals surface area contributed by atoms with Crippen LogP contribution in [0.25, 0.3) is 11.1 Å². The second-order valence-electron chi connectivity index (χ2n) is 10.5. The van der Waals surface area contributed by atoms with E-state index in [0.29, 0.717) is 0 Å². The molecule has 3 aromatic carbocycles. The normalized spacial score (nSPS) is 18.4. The second kappa shape index (κ2) is 12.9. The van der Waals surface area contributed by atoms with Gasteiger partial charge in [0.25, 0.3) is 0 Å². The third-order valence-corrected chi connectivity index (χ3v) is 7.64. The number of β-amino-alcohol motifs (C(OH)–C–C–N with tert-alkyl or cyclic N) is 1. The van der Waals surface area contributed by atoms with Crippen molar-refractivity contribution in [2.75, 3.05) is 19.7 Å². The Balaban J connectivity index is 1.27. The molecule has 1 aliphatic carbocycles. The van der Waals surface area contributed by atoms with E-state index in [2.05, 4.69) is 5.32 Å². The van der Waals surface area contributed by atoms with Crippen molar-refractivity contribution >= 4 is 23.9 Å². The third kappa shape index (κ3) is 6.60. The minimum absolute atomic E-state index is 0.00268. The lowest BCUT2D eigenvalue weighted by Gasteiger charge is -2.35. The highest BCUT2D eigenvalue weighted by atomic mass is 16.5. The number of hydrogen-bond donors (Lipinski definition) is 3. The van der Waals surface area contributed by atoms with E-state index >= 15 is 0 Å². The van der Waals surface area contributed by atoms with E-state index in [0.717, 1.165) is 32.7 Å². The van der Waals surface area contributed by atoms with Crippen molar-refractivity contribution in [1.82, 2.24) is 10.2 Å². The number of esters is 1. The molecule has 2 unspecified atom stereocenters. The van der Waals surface area contributed by atoms with E-state index in [-0.39, 0.29) is 38.6 Å². The van der Waals surface area contributed by atoms with E-state index < -0.39 is 48.4 Å². The fourth-order valence-electron chi connectivity index (χ4n) is 5.60. The highest BCUT2D eigenvalue weighted by Gasteiger charge is 2.37. The molecule has 0 radical (unpaired) electrons. The molecule has 1 aliphatic heterocycles. The second-order valence-corrected chi connectivity index (χ2v) is 10.5. The first kappa shape index (κ1) is 28.8. The zero-order valence-corrected chi connectivity index (χ0v) is 22.8. The van der Waals surface area contributed by atoms with Crippen LogP contribution in [0.3, 0.4) is 0 Å². The number of carboxylic acid groups (broad SMARTS) is 1. The average molecular weight is 573 g/mol. The Bertz CT molecular complexity index is 1410. The summed E-state index contributed by atoms with van der Waals surface area (Å²) in [7, 11) is 0. The number of aliphatic hydroxyl groups is 1. The first-order valence-corrected chi connectivity index (χ1v) is 13.8. The lowest BCUT2D eigenvalue weighted by atomic mass is 9.95. The molecule has 0 aromatic heterocycles. The highest BCUT2D eigenvalue weighted by Crippen LogP contribution is 2.44. The number of alkyl carbamates (subject to hydrolysis) is 1. The molecule has 1 heterocycles. The number of likely N-dealkylation sites (tertiary alicyclic amines) is 1. The Labute approximate surface area is 242 Å². The molecule has 0 spiro atoms. The summed E-state index contributed by atoms with van der Waals surface area (Å²) in [4.78, 5) is 52.0. The maximum Gasteiger partial charge on any atom is 0.407 e. The van der Waals surface area contributed by atoms with Crippen molar-refractivity contribution in [2.45, 2.75) is 37.5 Å². The number of benzene rings is 3. The van der Waals surface area contributed by atoms with Gasteiger partial charge in [-0.2, -0.15) is 0 Å². The Morgan fingerprint density at radius 2 is 1.48 bits per heavy atom. The van der Waals surface area contributed by atoms with Gasteiger partial charge >= 0.3 is 18.0 Å². The molecule has 1 fully saturated rings. The van der Waals surface area contributed by atoms with Crippen LogP contribution < -0.4 is 5.32 Å². The number of carbonyl (C=O) groups excluding carboxylic acids is 3. The summed E-state index contributed by atoms with van der Waals surface area (Å²) in [5.74, 6) is -3.76. The first-order valence-electron chi connectivity index (χ1n) is 13.8. The van der Waals surface area contributed by atoms with Crippen LogP contribution >= 0.6 is 0 Å². The number of rotatable bonds is 9. The molecule has 5 rings (SSSR count). The smallest absolute Gasteiger partial charge is 0.407 e. The fraction of sp³-hybridized carbons (Fsp3) is 0.312. The topological polar surface area (TPSA) is 142 Å². The summed E-state index contributed by atoms with van der Waals surface area (Å²) in [6, 6.07) is 23.4. The van der Waals surface area contributed by atoms with Crippen LogP contribution in [0.5, 0.6) is 0 Å². The van der Waals surface area contributed by atoms with Gasteiger partial charge in [-0.05, 0) is 34.2 Å². The summed E-state index contributed by atoms with van der Waals surface area (Å²) >= 11 is 0. The van der Waals surface area contributed by atoms with Crippen LogP contribution in [0, 0.1) is 5.92 Å². The summed E-state index contributed by atoms with van der Waals surface area (Å²) < 4.78 is 10.9. The molecule has 10 heteroatoms. The molecule has 10 nitrogen and oxygen atoms in total. The lowest BCUT2D eigenvalue weighted by molar-refractivity contribution is -0.153. The summed E-state index contributed by atoms with van der Waals surface area (Å²) in [5, 5.41) is 22.2. The number of carboxylic acids is 1. The predicted octanol–water partition coefficient (Wildman–Crippen LogP) is 3.32. The molecule has 2 amide bonds. The summed E-state index contributed by atoms with van der Waals surface area (Å²) in [6.45, 7) is -0.296. The van der Waals surface area contributed by atoms with Crippen molar-refractivity contribution in [3.8, 4) is 11.1 Å². The SMILES string of the molecule is O=C(C[C@H](NC(=O)OCC1c2ccccc2-c2ccccc21)C(=O)N1CC(O)CC(C(=O)O)C1)OCc1ccccc1. The van der Waals surface area contributed by atoms with E-state index in [1.54, 1.807) is 24.3 Å². The van der Waals surface area contributed by atoms with Gasteiger partial charge < -0.3 is 29.9 Å².